The number of ether oxygens (including phenoxy) is 1. The van der Waals surface area contributed by atoms with Crippen molar-refractivity contribution in [2.45, 2.75) is 77.4 Å². The first kappa shape index (κ1) is 22.7. The van der Waals surface area contributed by atoms with Gasteiger partial charge < -0.3 is 9.64 Å². The number of halogens is 1. The summed E-state index contributed by atoms with van der Waals surface area (Å²) in [5.74, 6) is 0.191. The summed E-state index contributed by atoms with van der Waals surface area (Å²) in [6.07, 6.45) is 7.25. The molecule has 0 radical (unpaired) electrons. The third-order valence-corrected chi connectivity index (χ3v) is 7.52. The fraction of sp³-hybridized carbons (Fsp3) is 0.640. The molecule has 2 saturated carbocycles. The van der Waals surface area contributed by atoms with E-state index in [9.17, 15) is 18.8 Å². The predicted molar refractivity (Wildman–Crippen MR) is 119 cm³/mol. The average molecular weight is 445 g/mol. The van der Waals surface area contributed by atoms with Gasteiger partial charge in [0, 0.05) is 19.9 Å². The number of hydrogen-bond acceptors (Lipinski definition) is 4. The summed E-state index contributed by atoms with van der Waals surface area (Å²) in [7, 11) is 0. The van der Waals surface area contributed by atoms with Crippen LogP contribution < -0.4 is 4.90 Å². The van der Waals surface area contributed by atoms with Gasteiger partial charge in [0.05, 0.1) is 23.8 Å². The lowest BCUT2D eigenvalue weighted by atomic mass is 9.91. The maximum absolute atomic E-state index is 14.3. The third kappa shape index (κ3) is 4.39. The van der Waals surface area contributed by atoms with Crippen LogP contribution in [0.25, 0.3) is 0 Å². The molecule has 3 fully saturated rings. The average Bonchev–Trinajstić information content (AvgIpc) is 3.38. The molecule has 174 valence electrons. The summed E-state index contributed by atoms with van der Waals surface area (Å²) in [5, 5.41) is 0. The van der Waals surface area contributed by atoms with Crippen LogP contribution in [0.5, 0.6) is 0 Å². The zero-order valence-electron chi connectivity index (χ0n) is 19.2. The number of ketones is 1. The highest BCUT2D eigenvalue weighted by Crippen LogP contribution is 2.50. The Morgan fingerprint density at radius 1 is 1.22 bits per heavy atom. The van der Waals surface area contributed by atoms with Crippen LogP contribution in [0.2, 0.25) is 0 Å². The smallest absolute Gasteiger partial charge is 0.415 e. The van der Waals surface area contributed by atoms with Crippen LogP contribution in [0.1, 0.15) is 76.1 Å². The van der Waals surface area contributed by atoms with Crippen LogP contribution in [0, 0.1) is 17.7 Å². The first-order valence-corrected chi connectivity index (χ1v) is 11.8. The highest BCUT2D eigenvalue weighted by atomic mass is 19.1. The van der Waals surface area contributed by atoms with E-state index in [1.165, 1.54) is 49.6 Å². The van der Waals surface area contributed by atoms with Gasteiger partial charge in [-0.2, -0.15) is 0 Å². The monoisotopic (exact) mass is 444 g/mol. The summed E-state index contributed by atoms with van der Waals surface area (Å²) in [6.45, 7) is 6.12. The van der Waals surface area contributed by atoms with E-state index >= 15 is 0 Å². The van der Waals surface area contributed by atoms with Crippen molar-refractivity contribution in [3.63, 3.8) is 0 Å². The molecule has 1 aliphatic heterocycles. The SMILES string of the molecule is CCC1CCCCC(CN(C(C)=O)C2C[C@@]23CN(c2ccc(C(C)=O)c(F)c2)C(=O)O3)C1. The summed E-state index contributed by atoms with van der Waals surface area (Å²) in [4.78, 5) is 40.0. The second-order valence-electron chi connectivity index (χ2n) is 9.79. The van der Waals surface area contributed by atoms with E-state index < -0.39 is 17.5 Å². The van der Waals surface area contributed by atoms with Crippen LogP contribution in [0.3, 0.4) is 0 Å². The molecule has 0 aromatic heterocycles. The molecule has 3 aliphatic rings. The first-order valence-electron chi connectivity index (χ1n) is 11.8. The van der Waals surface area contributed by atoms with Gasteiger partial charge in [-0.15, -0.1) is 0 Å². The predicted octanol–water partition coefficient (Wildman–Crippen LogP) is 4.95. The van der Waals surface area contributed by atoms with E-state index in [1.807, 2.05) is 4.90 Å². The van der Waals surface area contributed by atoms with Crippen molar-refractivity contribution in [1.29, 1.82) is 0 Å². The fourth-order valence-corrected chi connectivity index (χ4v) is 5.55. The van der Waals surface area contributed by atoms with Gasteiger partial charge in [-0.1, -0.05) is 32.6 Å². The number of carbonyl (C=O) groups excluding carboxylic acids is 3. The van der Waals surface area contributed by atoms with Crippen LogP contribution in [0.15, 0.2) is 18.2 Å². The molecule has 4 rings (SSSR count). The Balaban J connectivity index is 1.46. The van der Waals surface area contributed by atoms with Gasteiger partial charge >= 0.3 is 6.09 Å². The zero-order chi connectivity index (χ0) is 23.0. The molecule has 0 N–H and O–H groups in total. The minimum atomic E-state index is -0.729. The zero-order valence-corrected chi connectivity index (χ0v) is 19.2. The summed E-state index contributed by atoms with van der Waals surface area (Å²) >= 11 is 0. The van der Waals surface area contributed by atoms with Crippen molar-refractivity contribution in [2.24, 2.45) is 11.8 Å². The van der Waals surface area contributed by atoms with Crippen LogP contribution in [-0.2, 0) is 9.53 Å². The molecule has 1 aromatic rings. The van der Waals surface area contributed by atoms with E-state index in [-0.39, 0.29) is 29.8 Å². The largest absolute Gasteiger partial charge is 0.438 e. The van der Waals surface area contributed by atoms with Gasteiger partial charge in [-0.05, 0) is 49.8 Å². The Hall–Kier alpha value is -2.44. The van der Waals surface area contributed by atoms with Crippen molar-refractivity contribution in [1.82, 2.24) is 4.90 Å². The molecule has 0 bridgehead atoms. The quantitative estimate of drug-likeness (QED) is 0.460. The van der Waals surface area contributed by atoms with Crippen LogP contribution in [0.4, 0.5) is 14.9 Å². The van der Waals surface area contributed by atoms with Gasteiger partial charge in [0.25, 0.3) is 0 Å². The highest BCUT2D eigenvalue weighted by Gasteiger charge is 2.66. The molecular formula is C25H33FN2O4. The van der Waals surface area contributed by atoms with E-state index in [2.05, 4.69) is 6.92 Å². The normalized spacial score (nSPS) is 29.6. The van der Waals surface area contributed by atoms with Crippen LogP contribution in [-0.4, -0.2) is 47.4 Å². The van der Waals surface area contributed by atoms with Crippen molar-refractivity contribution in [3.05, 3.63) is 29.6 Å². The van der Waals surface area contributed by atoms with Crippen molar-refractivity contribution >= 4 is 23.5 Å². The minimum Gasteiger partial charge on any atom is -0.438 e. The molecule has 1 aromatic carbocycles. The number of hydrogen-bond donors (Lipinski definition) is 0. The molecular weight excluding hydrogens is 411 g/mol. The number of nitrogens with zero attached hydrogens (tertiary/aromatic N) is 2. The van der Waals surface area contributed by atoms with Gasteiger partial charge in [0.1, 0.15) is 5.82 Å². The van der Waals surface area contributed by atoms with Gasteiger partial charge in [-0.25, -0.2) is 9.18 Å². The van der Waals surface area contributed by atoms with Gasteiger partial charge in [0.15, 0.2) is 11.4 Å². The topological polar surface area (TPSA) is 66.9 Å². The second kappa shape index (κ2) is 8.83. The molecule has 1 spiro atoms. The fourth-order valence-electron chi connectivity index (χ4n) is 5.55. The third-order valence-electron chi connectivity index (χ3n) is 7.52. The summed E-state index contributed by atoms with van der Waals surface area (Å²) < 4.78 is 20.1. The van der Waals surface area contributed by atoms with E-state index in [0.29, 0.717) is 24.6 Å². The van der Waals surface area contributed by atoms with Crippen molar-refractivity contribution in [3.8, 4) is 0 Å². The maximum Gasteiger partial charge on any atom is 0.415 e. The number of amides is 2. The number of Topliss-reactive ketones (excluding diaryl/α,β-unsaturated/α-hetero) is 1. The number of rotatable bonds is 6. The van der Waals surface area contributed by atoms with Crippen molar-refractivity contribution in [2.75, 3.05) is 18.0 Å². The first-order chi connectivity index (χ1) is 15.2. The van der Waals surface area contributed by atoms with Crippen LogP contribution >= 0.6 is 0 Å². The molecule has 32 heavy (non-hydrogen) atoms. The second-order valence-corrected chi connectivity index (χ2v) is 9.79. The Labute approximate surface area is 189 Å². The lowest BCUT2D eigenvalue weighted by Crippen LogP contribution is -2.41. The van der Waals surface area contributed by atoms with E-state index in [0.717, 1.165) is 18.8 Å². The molecule has 1 heterocycles. The number of anilines is 1. The summed E-state index contributed by atoms with van der Waals surface area (Å²) in [5.41, 5.74) is -0.367. The minimum absolute atomic E-state index is 0.00290. The lowest BCUT2D eigenvalue weighted by Gasteiger charge is -2.29. The Kier molecular flexibility index (Phi) is 6.28. The Morgan fingerprint density at radius 3 is 2.56 bits per heavy atom. The van der Waals surface area contributed by atoms with Gasteiger partial charge in [-0.3, -0.25) is 14.5 Å². The Bertz CT molecular complexity index is 919. The van der Waals surface area contributed by atoms with E-state index in [4.69, 9.17) is 4.74 Å². The van der Waals surface area contributed by atoms with Gasteiger partial charge in [0.2, 0.25) is 5.91 Å². The molecule has 4 atom stereocenters. The maximum atomic E-state index is 14.3. The standard InChI is InChI=1S/C25H33FN2O4/c1-4-18-7-5-6-8-19(11-18)14-27(17(3)30)23-13-25(23)15-28(24(31)32-25)20-9-10-21(16(2)29)22(26)12-20/h9-10,12,18-19,23H,4-8,11,13-15H2,1-3H3/t18?,19?,23?,25-/m1/s1. The molecule has 1 saturated heterocycles. The molecule has 6 nitrogen and oxygen atoms in total. The lowest BCUT2D eigenvalue weighted by molar-refractivity contribution is -0.131. The van der Waals surface area contributed by atoms with E-state index in [1.54, 1.807) is 13.0 Å². The molecule has 7 heteroatoms. The molecule has 2 amide bonds. The number of benzene rings is 1. The highest BCUT2D eigenvalue weighted by molar-refractivity contribution is 5.96. The molecule has 2 aliphatic carbocycles. The summed E-state index contributed by atoms with van der Waals surface area (Å²) in [6, 6.07) is 4.02. The number of carbonyl (C=O) groups is 3. The Morgan fingerprint density at radius 2 is 1.94 bits per heavy atom. The molecule has 3 unspecified atom stereocenters. The van der Waals surface area contributed by atoms with Crippen molar-refractivity contribution < 1.29 is 23.5 Å².